The molecule has 0 aliphatic heterocycles. The lowest BCUT2D eigenvalue weighted by Gasteiger charge is -2.00. The zero-order chi connectivity index (χ0) is 14.4. The van der Waals surface area contributed by atoms with Crippen LogP contribution in [0, 0.1) is 0 Å². The lowest BCUT2D eigenvalue weighted by Crippen LogP contribution is -2.10. The van der Waals surface area contributed by atoms with Crippen LogP contribution in [0.15, 0.2) is 42.9 Å². The summed E-state index contributed by atoms with van der Waals surface area (Å²) in [6.45, 7) is 0. The molecule has 4 rings (SSSR count). The van der Waals surface area contributed by atoms with Crippen LogP contribution in [0.5, 0.6) is 0 Å². The molecule has 7 nitrogen and oxygen atoms in total. The maximum absolute atomic E-state index is 11.3. The van der Waals surface area contributed by atoms with Gasteiger partial charge in [-0.2, -0.15) is 10.2 Å². The Morgan fingerprint density at radius 2 is 2.14 bits per heavy atom. The van der Waals surface area contributed by atoms with E-state index in [0.29, 0.717) is 5.56 Å². The molecule has 0 unspecified atom stereocenters. The predicted molar refractivity (Wildman–Crippen MR) is 76.6 cm³/mol. The highest BCUT2D eigenvalue weighted by Gasteiger charge is 2.11. The second kappa shape index (κ2) is 4.14. The van der Waals surface area contributed by atoms with Crippen LogP contribution in [0.25, 0.3) is 27.8 Å². The highest BCUT2D eigenvalue weighted by Crippen LogP contribution is 2.27. The van der Waals surface area contributed by atoms with E-state index in [1.54, 1.807) is 22.7 Å². The van der Waals surface area contributed by atoms with E-state index in [4.69, 9.17) is 5.73 Å². The van der Waals surface area contributed by atoms with E-state index < -0.39 is 5.91 Å². The Morgan fingerprint density at radius 3 is 3.00 bits per heavy atom. The molecular weight excluding hydrogens is 268 g/mol. The van der Waals surface area contributed by atoms with Gasteiger partial charge in [-0.15, -0.1) is 0 Å². The van der Waals surface area contributed by atoms with Gasteiger partial charge in [0.25, 0.3) is 0 Å². The summed E-state index contributed by atoms with van der Waals surface area (Å²) in [6, 6.07) is 8.99. The minimum Gasteiger partial charge on any atom is -0.366 e. The first-order valence-corrected chi connectivity index (χ1v) is 6.30. The molecule has 4 aromatic rings. The van der Waals surface area contributed by atoms with Gasteiger partial charge in [0, 0.05) is 22.7 Å². The van der Waals surface area contributed by atoms with Crippen LogP contribution in [0.4, 0.5) is 0 Å². The van der Waals surface area contributed by atoms with Crippen molar-refractivity contribution in [2.75, 3.05) is 0 Å². The van der Waals surface area contributed by atoms with Gasteiger partial charge in [0.15, 0.2) is 5.65 Å². The van der Waals surface area contributed by atoms with Crippen molar-refractivity contribution >= 4 is 22.5 Å². The number of hydrogen-bond acceptors (Lipinski definition) is 4. The first-order valence-electron chi connectivity index (χ1n) is 6.30. The lowest BCUT2D eigenvalue weighted by atomic mass is 10.1. The van der Waals surface area contributed by atoms with Gasteiger partial charge >= 0.3 is 0 Å². The van der Waals surface area contributed by atoms with Crippen LogP contribution in [0.1, 0.15) is 10.4 Å². The molecule has 3 aromatic heterocycles. The number of carbonyl (C=O) groups excluding carboxylic acids is 1. The topological polar surface area (TPSA) is 102 Å². The lowest BCUT2D eigenvalue weighted by molar-refractivity contribution is 0.100. The van der Waals surface area contributed by atoms with Crippen molar-refractivity contribution in [1.82, 2.24) is 24.8 Å². The molecule has 3 N–H and O–H groups in total. The molecule has 0 spiro atoms. The molecule has 102 valence electrons. The van der Waals surface area contributed by atoms with E-state index in [1.165, 1.54) is 6.33 Å². The summed E-state index contributed by atoms with van der Waals surface area (Å²) in [5, 5.41) is 12.2. The highest BCUT2D eigenvalue weighted by molar-refractivity contribution is 6.00. The van der Waals surface area contributed by atoms with Crippen molar-refractivity contribution in [2.24, 2.45) is 5.73 Å². The molecule has 0 fully saturated rings. The molecule has 0 atom stereocenters. The number of nitrogens with zero attached hydrogens (tertiary/aromatic N) is 4. The minimum absolute atomic E-state index is 0.453. The first-order chi connectivity index (χ1) is 10.2. The van der Waals surface area contributed by atoms with Gasteiger partial charge in [0.1, 0.15) is 12.0 Å². The fourth-order valence-corrected chi connectivity index (χ4v) is 2.35. The molecule has 0 bridgehead atoms. The standard InChI is InChI=1S/C14H10N6O/c15-14(21)9-1-2-11-10(5-9)13(19-18-11)8-3-4-20-12(6-8)16-7-17-20/h1-7H,(H2,15,21)(H,18,19). The van der Waals surface area contributed by atoms with Crippen molar-refractivity contribution < 1.29 is 4.79 Å². The number of rotatable bonds is 2. The van der Waals surface area contributed by atoms with Gasteiger partial charge in [0.05, 0.1) is 5.52 Å². The monoisotopic (exact) mass is 278 g/mol. The zero-order valence-corrected chi connectivity index (χ0v) is 10.8. The van der Waals surface area contributed by atoms with Crippen LogP contribution in [0.3, 0.4) is 0 Å². The fraction of sp³-hybridized carbons (Fsp3) is 0. The molecule has 0 saturated carbocycles. The molecule has 0 aliphatic carbocycles. The summed E-state index contributed by atoms with van der Waals surface area (Å²) in [4.78, 5) is 15.5. The first kappa shape index (κ1) is 11.6. The highest BCUT2D eigenvalue weighted by atomic mass is 16.1. The third-order valence-corrected chi connectivity index (χ3v) is 3.40. The quantitative estimate of drug-likeness (QED) is 0.578. The maximum atomic E-state index is 11.3. The number of carbonyl (C=O) groups is 1. The van der Waals surface area contributed by atoms with Crippen LogP contribution < -0.4 is 5.73 Å². The molecule has 0 saturated heterocycles. The molecule has 1 aromatic carbocycles. The normalized spacial score (nSPS) is 11.2. The fourth-order valence-electron chi connectivity index (χ4n) is 2.35. The van der Waals surface area contributed by atoms with Gasteiger partial charge in [-0.1, -0.05) is 0 Å². The number of benzene rings is 1. The summed E-state index contributed by atoms with van der Waals surface area (Å²) in [7, 11) is 0. The van der Waals surface area contributed by atoms with E-state index >= 15 is 0 Å². The third kappa shape index (κ3) is 1.75. The second-order valence-corrected chi connectivity index (χ2v) is 4.68. The number of hydrogen-bond donors (Lipinski definition) is 2. The largest absolute Gasteiger partial charge is 0.366 e. The summed E-state index contributed by atoms with van der Waals surface area (Å²) >= 11 is 0. The number of nitrogens with two attached hydrogens (primary N) is 1. The Bertz CT molecular complexity index is 983. The van der Waals surface area contributed by atoms with Gasteiger partial charge in [-0.3, -0.25) is 9.89 Å². The molecule has 3 heterocycles. The smallest absolute Gasteiger partial charge is 0.248 e. The summed E-state index contributed by atoms with van der Waals surface area (Å²) < 4.78 is 1.67. The van der Waals surface area contributed by atoms with Crippen molar-refractivity contribution in [3.8, 4) is 11.3 Å². The molecule has 1 amide bonds. The Hall–Kier alpha value is -3.22. The number of fused-ring (bicyclic) bond motifs is 2. The number of amides is 1. The minimum atomic E-state index is -0.461. The van der Waals surface area contributed by atoms with Crippen molar-refractivity contribution in [3.63, 3.8) is 0 Å². The van der Waals surface area contributed by atoms with Crippen LogP contribution in [-0.4, -0.2) is 30.7 Å². The number of H-pyrrole nitrogens is 1. The van der Waals surface area contributed by atoms with Crippen LogP contribution in [-0.2, 0) is 0 Å². The molecular formula is C14H10N6O. The van der Waals surface area contributed by atoms with E-state index in [0.717, 1.165) is 27.8 Å². The average Bonchev–Trinajstić information content (AvgIpc) is 3.12. The average molecular weight is 278 g/mol. The molecule has 0 radical (unpaired) electrons. The van der Waals surface area contributed by atoms with Crippen molar-refractivity contribution in [3.05, 3.63) is 48.4 Å². The number of primary amides is 1. The van der Waals surface area contributed by atoms with E-state index in [-0.39, 0.29) is 0 Å². The van der Waals surface area contributed by atoms with Gasteiger partial charge in [-0.25, -0.2) is 9.50 Å². The Labute approximate surface area is 118 Å². The van der Waals surface area contributed by atoms with E-state index in [1.807, 2.05) is 18.3 Å². The summed E-state index contributed by atoms with van der Waals surface area (Å²) in [6.07, 6.45) is 3.31. The Kier molecular flexibility index (Phi) is 2.28. The van der Waals surface area contributed by atoms with Gasteiger partial charge in [-0.05, 0) is 30.3 Å². The number of pyridine rings is 1. The maximum Gasteiger partial charge on any atom is 0.248 e. The van der Waals surface area contributed by atoms with Crippen LogP contribution in [0.2, 0.25) is 0 Å². The SMILES string of the molecule is NC(=O)c1ccc2[nH]nc(-c3ccn4ncnc4c3)c2c1. The Balaban J connectivity index is 1.96. The summed E-state index contributed by atoms with van der Waals surface area (Å²) in [5.74, 6) is -0.461. The van der Waals surface area contributed by atoms with E-state index in [2.05, 4.69) is 20.3 Å². The number of aromatic amines is 1. The van der Waals surface area contributed by atoms with Gasteiger partial charge in [0.2, 0.25) is 5.91 Å². The zero-order valence-electron chi connectivity index (χ0n) is 10.8. The Morgan fingerprint density at radius 1 is 1.24 bits per heavy atom. The van der Waals surface area contributed by atoms with Crippen molar-refractivity contribution in [1.29, 1.82) is 0 Å². The number of aromatic nitrogens is 5. The van der Waals surface area contributed by atoms with Crippen LogP contribution >= 0.6 is 0 Å². The molecule has 7 heteroatoms. The summed E-state index contributed by atoms with van der Waals surface area (Å²) in [5.41, 5.74) is 9.00. The van der Waals surface area contributed by atoms with E-state index in [9.17, 15) is 4.79 Å². The third-order valence-electron chi connectivity index (χ3n) is 3.40. The molecule has 21 heavy (non-hydrogen) atoms. The van der Waals surface area contributed by atoms with Crippen molar-refractivity contribution in [2.45, 2.75) is 0 Å². The predicted octanol–water partition coefficient (Wildman–Crippen LogP) is 1.37. The number of nitrogens with one attached hydrogen (secondary N) is 1. The second-order valence-electron chi connectivity index (χ2n) is 4.68. The van der Waals surface area contributed by atoms with Gasteiger partial charge < -0.3 is 5.73 Å². The molecule has 0 aliphatic rings.